The van der Waals surface area contributed by atoms with Gasteiger partial charge in [0.2, 0.25) is 0 Å². The van der Waals surface area contributed by atoms with Crippen molar-refractivity contribution in [2.45, 2.75) is 13.1 Å². The van der Waals surface area contributed by atoms with Crippen LogP contribution in [-0.2, 0) is 19.8 Å². The predicted octanol–water partition coefficient (Wildman–Crippen LogP) is 2.44. The van der Waals surface area contributed by atoms with E-state index in [9.17, 15) is 4.57 Å². The van der Waals surface area contributed by atoms with Crippen LogP contribution >= 0.6 is 18.9 Å². The van der Waals surface area contributed by atoms with Gasteiger partial charge in [0.25, 0.3) is 0 Å². The zero-order valence-corrected chi connectivity index (χ0v) is 9.52. The Morgan fingerprint density at radius 2 is 2.15 bits per heavy atom. The number of rotatable bonds is 4. The molecule has 0 atom stereocenters. The number of aryl methyl sites for hydroxylation is 1. The Morgan fingerprint density at radius 3 is 2.54 bits per heavy atom. The van der Waals surface area contributed by atoms with E-state index in [1.54, 1.807) is 0 Å². The van der Waals surface area contributed by atoms with Gasteiger partial charge in [-0.15, -0.1) is 11.3 Å². The van der Waals surface area contributed by atoms with Gasteiger partial charge in [0.05, 0.1) is 16.9 Å². The molecule has 13 heavy (non-hydrogen) atoms. The molecule has 74 valence electrons. The van der Waals surface area contributed by atoms with Crippen molar-refractivity contribution in [3.8, 4) is 0 Å². The first kappa shape index (κ1) is 10.9. The minimum Gasteiger partial charge on any atom is -0.312 e. The van der Waals surface area contributed by atoms with Crippen LogP contribution < -0.4 is 0 Å². The Labute approximate surface area is 81.4 Å². The molecule has 0 aliphatic carbocycles. The average Bonchev–Trinajstić information content (AvgIpc) is 2.51. The highest BCUT2D eigenvalue weighted by Crippen LogP contribution is 2.49. The van der Waals surface area contributed by atoms with Crippen molar-refractivity contribution < 1.29 is 13.6 Å². The summed E-state index contributed by atoms with van der Waals surface area (Å²) in [6.07, 6.45) is 0.240. The van der Waals surface area contributed by atoms with E-state index in [0.717, 1.165) is 10.7 Å². The molecule has 6 heteroatoms. The normalized spacial score (nSPS) is 11.9. The number of hydrogen-bond donors (Lipinski definition) is 0. The van der Waals surface area contributed by atoms with Crippen molar-refractivity contribution >= 4 is 18.9 Å². The van der Waals surface area contributed by atoms with Crippen molar-refractivity contribution in [2.24, 2.45) is 0 Å². The highest BCUT2D eigenvalue weighted by molar-refractivity contribution is 7.52. The summed E-state index contributed by atoms with van der Waals surface area (Å²) in [4.78, 5) is 4.18. The third-order valence-electron chi connectivity index (χ3n) is 1.58. The van der Waals surface area contributed by atoms with Gasteiger partial charge < -0.3 is 9.05 Å². The fourth-order valence-corrected chi connectivity index (χ4v) is 2.59. The van der Waals surface area contributed by atoms with Gasteiger partial charge in [0.15, 0.2) is 0 Å². The minimum atomic E-state index is -2.95. The van der Waals surface area contributed by atoms with Gasteiger partial charge in [-0.05, 0) is 6.92 Å². The van der Waals surface area contributed by atoms with E-state index < -0.39 is 7.60 Å². The largest absolute Gasteiger partial charge is 0.336 e. The van der Waals surface area contributed by atoms with Crippen molar-refractivity contribution in [3.63, 3.8) is 0 Å². The molecule has 0 bridgehead atoms. The van der Waals surface area contributed by atoms with Crippen LogP contribution in [0.3, 0.4) is 0 Å². The molecular formula is C7H12NO3PS. The Balaban J connectivity index is 2.73. The Bertz CT molecular complexity index is 317. The van der Waals surface area contributed by atoms with E-state index in [4.69, 9.17) is 9.05 Å². The van der Waals surface area contributed by atoms with Crippen molar-refractivity contribution in [2.75, 3.05) is 14.2 Å². The molecule has 0 aromatic carbocycles. The molecule has 0 saturated heterocycles. The summed E-state index contributed by atoms with van der Waals surface area (Å²) in [5, 5.41) is 2.81. The summed E-state index contributed by atoms with van der Waals surface area (Å²) < 4.78 is 21.2. The highest BCUT2D eigenvalue weighted by Gasteiger charge is 2.22. The molecule has 0 radical (unpaired) electrons. The molecule has 0 unspecified atom stereocenters. The van der Waals surface area contributed by atoms with Crippen LogP contribution in [0.2, 0.25) is 0 Å². The van der Waals surface area contributed by atoms with Crippen LogP contribution in [0.4, 0.5) is 0 Å². The summed E-state index contributed by atoms with van der Waals surface area (Å²) in [6.45, 7) is 1.90. The van der Waals surface area contributed by atoms with Crippen LogP contribution in [0, 0.1) is 6.92 Å². The Morgan fingerprint density at radius 1 is 1.54 bits per heavy atom. The second kappa shape index (κ2) is 4.33. The quantitative estimate of drug-likeness (QED) is 0.732. The van der Waals surface area contributed by atoms with E-state index in [2.05, 4.69) is 4.98 Å². The van der Waals surface area contributed by atoms with E-state index in [1.165, 1.54) is 25.6 Å². The van der Waals surface area contributed by atoms with E-state index in [1.807, 2.05) is 12.3 Å². The molecule has 0 saturated carbocycles. The van der Waals surface area contributed by atoms with Gasteiger partial charge in [-0.3, -0.25) is 4.57 Å². The van der Waals surface area contributed by atoms with Gasteiger partial charge in [0.1, 0.15) is 0 Å². The van der Waals surface area contributed by atoms with Crippen molar-refractivity contribution in [3.05, 3.63) is 16.1 Å². The number of nitrogens with zero attached hydrogens (tertiary/aromatic N) is 1. The summed E-state index contributed by atoms with van der Waals surface area (Å²) in [6, 6.07) is 0. The Hall–Kier alpha value is -0.220. The lowest BCUT2D eigenvalue weighted by Crippen LogP contribution is -1.93. The molecule has 0 N–H and O–H groups in total. The Kier molecular flexibility index (Phi) is 3.62. The maximum Gasteiger partial charge on any atom is 0.336 e. The first-order chi connectivity index (χ1) is 6.09. The first-order valence-corrected chi connectivity index (χ1v) is 6.32. The maximum absolute atomic E-state index is 11.6. The second-order valence-corrected chi connectivity index (χ2v) is 5.82. The van der Waals surface area contributed by atoms with Gasteiger partial charge in [-0.1, -0.05) is 0 Å². The monoisotopic (exact) mass is 221 g/mol. The molecule has 0 amide bonds. The summed E-state index contributed by atoms with van der Waals surface area (Å²) in [7, 11) is -0.189. The fraction of sp³-hybridized carbons (Fsp3) is 0.571. The van der Waals surface area contributed by atoms with Gasteiger partial charge in [0, 0.05) is 19.6 Å². The molecule has 0 fully saturated rings. The summed E-state index contributed by atoms with van der Waals surface area (Å²) in [5.74, 6) is 0. The molecule has 0 aliphatic rings. The summed E-state index contributed by atoms with van der Waals surface area (Å²) in [5.41, 5.74) is 0.759. The van der Waals surface area contributed by atoms with Crippen LogP contribution in [-0.4, -0.2) is 19.2 Å². The third-order valence-corrected chi connectivity index (χ3v) is 4.22. The SMILES string of the molecule is COP(=O)(Cc1csc(C)n1)OC. The second-order valence-electron chi connectivity index (χ2n) is 2.49. The molecular weight excluding hydrogens is 209 g/mol. The number of hydrogen-bond acceptors (Lipinski definition) is 5. The molecule has 4 nitrogen and oxygen atoms in total. The van der Waals surface area contributed by atoms with Crippen molar-refractivity contribution in [1.29, 1.82) is 0 Å². The van der Waals surface area contributed by atoms with Crippen LogP contribution in [0.15, 0.2) is 5.38 Å². The molecule has 0 spiro atoms. The lowest BCUT2D eigenvalue weighted by atomic mass is 10.6. The maximum atomic E-state index is 11.6. The lowest BCUT2D eigenvalue weighted by Gasteiger charge is -2.11. The van der Waals surface area contributed by atoms with Gasteiger partial charge in [-0.2, -0.15) is 0 Å². The fourth-order valence-electron chi connectivity index (χ4n) is 0.883. The zero-order valence-electron chi connectivity index (χ0n) is 7.81. The smallest absolute Gasteiger partial charge is 0.312 e. The molecule has 1 heterocycles. The number of aromatic nitrogens is 1. The first-order valence-electron chi connectivity index (χ1n) is 3.71. The molecule has 1 aromatic rings. The highest BCUT2D eigenvalue weighted by atomic mass is 32.1. The van der Waals surface area contributed by atoms with Gasteiger partial charge in [-0.25, -0.2) is 4.98 Å². The topological polar surface area (TPSA) is 48.4 Å². The van der Waals surface area contributed by atoms with Gasteiger partial charge >= 0.3 is 7.60 Å². The third kappa shape index (κ3) is 2.88. The van der Waals surface area contributed by atoms with Crippen LogP contribution in [0.1, 0.15) is 10.7 Å². The molecule has 1 aromatic heterocycles. The average molecular weight is 221 g/mol. The van der Waals surface area contributed by atoms with Crippen LogP contribution in [0.5, 0.6) is 0 Å². The zero-order chi connectivity index (χ0) is 9.90. The lowest BCUT2D eigenvalue weighted by molar-refractivity contribution is 0.274. The summed E-state index contributed by atoms with van der Waals surface area (Å²) >= 11 is 1.52. The molecule has 0 aliphatic heterocycles. The van der Waals surface area contributed by atoms with Crippen LogP contribution in [0.25, 0.3) is 0 Å². The predicted molar refractivity (Wildman–Crippen MR) is 52.2 cm³/mol. The number of thiazole rings is 1. The van der Waals surface area contributed by atoms with E-state index >= 15 is 0 Å². The van der Waals surface area contributed by atoms with Crippen molar-refractivity contribution in [1.82, 2.24) is 4.98 Å². The standard InChI is InChI=1S/C7H12NO3PS/c1-6-8-7(5-13-6)4-12(9,10-2)11-3/h5H,4H2,1-3H3. The van der Waals surface area contributed by atoms with E-state index in [0.29, 0.717) is 0 Å². The minimum absolute atomic E-state index is 0.240. The van der Waals surface area contributed by atoms with E-state index in [-0.39, 0.29) is 6.16 Å². The molecule has 1 rings (SSSR count).